The van der Waals surface area contributed by atoms with Crippen LogP contribution >= 0.6 is 0 Å². The van der Waals surface area contributed by atoms with Crippen molar-refractivity contribution in [1.82, 2.24) is 0 Å². The van der Waals surface area contributed by atoms with Gasteiger partial charge in [0.25, 0.3) is 0 Å². The molecule has 128 valence electrons. The van der Waals surface area contributed by atoms with Gasteiger partial charge in [0.1, 0.15) is 17.2 Å². The summed E-state index contributed by atoms with van der Waals surface area (Å²) in [6, 6.07) is 11.9. The lowest BCUT2D eigenvalue weighted by Crippen LogP contribution is -2.27. The van der Waals surface area contributed by atoms with Gasteiger partial charge in [-0.15, -0.1) is 0 Å². The maximum Gasteiger partial charge on any atom is 0.344 e. The van der Waals surface area contributed by atoms with Crippen LogP contribution in [0.5, 0.6) is 5.75 Å². The SMILES string of the molecule is N#CC1=C(N)Oc2c(c(=O)oc3ccccc23)[C@H]1c1cccc(F)c1F. The summed E-state index contributed by atoms with van der Waals surface area (Å²) in [5.74, 6) is -3.71. The Hall–Kier alpha value is -3.66. The highest BCUT2D eigenvalue weighted by Crippen LogP contribution is 2.44. The molecule has 7 heteroatoms. The Morgan fingerprint density at radius 3 is 2.65 bits per heavy atom. The maximum absolute atomic E-state index is 14.4. The van der Waals surface area contributed by atoms with Crippen molar-refractivity contribution in [2.45, 2.75) is 5.92 Å². The zero-order valence-corrected chi connectivity index (χ0v) is 13.1. The van der Waals surface area contributed by atoms with Crippen LogP contribution in [0.4, 0.5) is 8.78 Å². The fourth-order valence-electron chi connectivity index (χ4n) is 3.12. The second-order valence-electron chi connectivity index (χ2n) is 5.70. The van der Waals surface area contributed by atoms with Crippen LogP contribution in [0.3, 0.4) is 0 Å². The number of hydrogen-bond acceptors (Lipinski definition) is 5. The number of nitriles is 1. The number of fused-ring (bicyclic) bond motifs is 3. The Kier molecular flexibility index (Phi) is 3.48. The Bertz CT molecular complexity index is 1190. The summed E-state index contributed by atoms with van der Waals surface area (Å²) in [5.41, 5.74) is 4.80. The van der Waals surface area contributed by atoms with Crippen molar-refractivity contribution in [3.8, 4) is 11.8 Å². The Morgan fingerprint density at radius 1 is 1.12 bits per heavy atom. The molecule has 1 aliphatic rings. The normalized spacial score (nSPS) is 16.1. The zero-order chi connectivity index (χ0) is 18.4. The van der Waals surface area contributed by atoms with E-state index in [-0.39, 0.29) is 33.9 Å². The first-order valence-electron chi connectivity index (χ1n) is 7.60. The van der Waals surface area contributed by atoms with E-state index in [1.165, 1.54) is 12.1 Å². The second kappa shape index (κ2) is 5.70. The first-order chi connectivity index (χ1) is 12.5. The van der Waals surface area contributed by atoms with Gasteiger partial charge < -0.3 is 14.9 Å². The summed E-state index contributed by atoms with van der Waals surface area (Å²) in [6.45, 7) is 0. The smallest absolute Gasteiger partial charge is 0.344 e. The molecule has 2 heterocycles. The van der Waals surface area contributed by atoms with E-state index in [1.54, 1.807) is 24.3 Å². The van der Waals surface area contributed by atoms with Crippen LogP contribution in [0.15, 0.2) is 63.1 Å². The van der Waals surface area contributed by atoms with Gasteiger partial charge in [-0.3, -0.25) is 0 Å². The van der Waals surface area contributed by atoms with Crippen LogP contribution in [-0.2, 0) is 0 Å². The van der Waals surface area contributed by atoms with Crippen molar-refractivity contribution in [2.24, 2.45) is 5.73 Å². The number of para-hydroxylation sites is 1. The van der Waals surface area contributed by atoms with Gasteiger partial charge >= 0.3 is 5.63 Å². The average molecular weight is 352 g/mol. The number of halogens is 2. The lowest BCUT2D eigenvalue weighted by Gasteiger charge is -2.26. The average Bonchev–Trinajstić information content (AvgIpc) is 2.63. The van der Waals surface area contributed by atoms with Crippen molar-refractivity contribution in [3.63, 3.8) is 0 Å². The molecule has 0 saturated heterocycles. The summed E-state index contributed by atoms with van der Waals surface area (Å²) in [6.07, 6.45) is 0. The summed E-state index contributed by atoms with van der Waals surface area (Å²) in [7, 11) is 0. The van der Waals surface area contributed by atoms with Gasteiger partial charge in [0.05, 0.1) is 16.9 Å². The molecule has 0 aliphatic carbocycles. The van der Waals surface area contributed by atoms with E-state index in [2.05, 4.69) is 0 Å². The Balaban J connectivity index is 2.13. The highest BCUT2D eigenvalue weighted by molar-refractivity contribution is 5.86. The number of nitrogens with zero attached hydrogens (tertiary/aromatic N) is 1. The molecule has 1 aromatic heterocycles. The monoisotopic (exact) mass is 352 g/mol. The van der Waals surface area contributed by atoms with Crippen LogP contribution in [0.25, 0.3) is 11.0 Å². The minimum Gasteiger partial charge on any atom is -0.439 e. The lowest BCUT2D eigenvalue weighted by molar-refractivity contribution is 0.385. The lowest BCUT2D eigenvalue weighted by atomic mass is 9.83. The molecule has 0 radical (unpaired) electrons. The molecule has 2 aromatic carbocycles. The third-order valence-electron chi connectivity index (χ3n) is 4.27. The quantitative estimate of drug-likeness (QED) is 0.679. The molecule has 0 saturated carbocycles. The van der Waals surface area contributed by atoms with Gasteiger partial charge in [-0.25, -0.2) is 13.6 Å². The van der Waals surface area contributed by atoms with E-state index >= 15 is 0 Å². The molecular formula is C19H10F2N2O3. The van der Waals surface area contributed by atoms with Gasteiger partial charge in [0, 0.05) is 5.56 Å². The summed E-state index contributed by atoms with van der Waals surface area (Å²) in [5, 5.41) is 9.90. The standard InChI is InChI=1S/C19H10F2N2O3/c20-12-6-3-5-10(16(12)21)14-11(8-22)18(23)26-17-9-4-1-2-7-13(9)25-19(24)15(14)17/h1-7,14H,23H2/t14-/m0/s1. The Labute approximate surface area is 145 Å². The minimum absolute atomic E-state index is 0.0713. The molecule has 0 fully saturated rings. The van der Waals surface area contributed by atoms with E-state index in [0.717, 1.165) is 6.07 Å². The fourth-order valence-corrected chi connectivity index (χ4v) is 3.12. The summed E-state index contributed by atoms with van der Waals surface area (Å²) in [4.78, 5) is 12.6. The van der Waals surface area contributed by atoms with E-state index in [1.807, 2.05) is 6.07 Å². The molecule has 26 heavy (non-hydrogen) atoms. The molecule has 1 atom stereocenters. The fraction of sp³-hybridized carbons (Fsp3) is 0.0526. The van der Waals surface area contributed by atoms with Crippen molar-refractivity contribution < 1.29 is 17.9 Å². The van der Waals surface area contributed by atoms with E-state index in [4.69, 9.17) is 14.9 Å². The predicted octanol–water partition coefficient (Wildman–Crippen LogP) is 3.29. The van der Waals surface area contributed by atoms with Crippen molar-refractivity contribution in [2.75, 3.05) is 0 Å². The van der Waals surface area contributed by atoms with Gasteiger partial charge in [0.15, 0.2) is 17.4 Å². The maximum atomic E-state index is 14.4. The van der Waals surface area contributed by atoms with Crippen LogP contribution in [-0.4, -0.2) is 0 Å². The predicted molar refractivity (Wildman–Crippen MR) is 88.1 cm³/mol. The van der Waals surface area contributed by atoms with Gasteiger partial charge in [-0.2, -0.15) is 5.26 Å². The van der Waals surface area contributed by atoms with Gasteiger partial charge in [-0.1, -0.05) is 24.3 Å². The molecular weight excluding hydrogens is 342 g/mol. The highest BCUT2D eigenvalue weighted by atomic mass is 19.2. The molecule has 0 bridgehead atoms. The van der Waals surface area contributed by atoms with E-state index in [9.17, 15) is 18.8 Å². The molecule has 3 aromatic rings. The third kappa shape index (κ3) is 2.16. The second-order valence-corrected chi connectivity index (χ2v) is 5.70. The molecule has 2 N–H and O–H groups in total. The largest absolute Gasteiger partial charge is 0.439 e. The summed E-state index contributed by atoms with van der Waals surface area (Å²) < 4.78 is 39.0. The van der Waals surface area contributed by atoms with Crippen LogP contribution in [0, 0.1) is 23.0 Å². The number of rotatable bonds is 1. The van der Waals surface area contributed by atoms with Crippen LogP contribution < -0.4 is 16.1 Å². The number of benzene rings is 2. The first kappa shape index (κ1) is 15.8. The number of ether oxygens (including phenoxy) is 1. The minimum atomic E-state index is -1.24. The van der Waals surface area contributed by atoms with Gasteiger partial charge in [-0.05, 0) is 18.2 Å². The topological polar surface area (TPSA) is 89.3 Å². The van der Waals surface area contributed by atoms with Crippen molar-refractivity contribution in [3.05, 3.63) is 87.1 Å². The van der Waals surface area contributed by atoms with E-state index in [0.29, 0.717) is 5.39 Å². The number of allylic oxidation sites excluding steroid dienone is 1. The molecule has 1 aliphatic heterocycles. The molecule has 0 spiro atoms. The molecule has 4 rings (SSSR count). The molecule has 5 nitrogen and oxygen atoms in total. The van der Waals surface area contributed by atoms with E-state index < -0.39 is 23.2 Å². The molecule has 0 unspecified atom stereocenters. The first-order valence-corrected chi connectivity index (χ1v) is 7.60. The Morgan fingerprint density at radius 2 is 1.88 bits per heavy atom. The van der Waals surface area contributed by atoms with Crippen molar-refractivity contribution >= 4 is 11.0 Å². The zero-order valence-electron chi connectivity index (χ0n) is 13.1. The van der Waals surface area contributed by atoms with Crippen molar-refractivity contribution in [1.29, 1.82) is 5.26 Å². The molecule has 0 amide bonds. The number of nitrogens with two attached hydrogens (primary N) is 1. The highest BCUT2D eigenvalue weighted by Gasteiger charge is 2.37. The summed E-state index contributed by atoms with van der Waals surface area (Å²) >= 11 is 0. The number of hydrogen-bond donors (Lipinski definition) is 1. The van der Waals surface area contributed by atoms with Crippen LogP contribution in [0.1, 0.15) is 17.0 Å². The van der Waals surface area contributed by atoms with Crippen LogP contribution in [0.2, 0.25) is 0 Å². The third-order valence-corrected chi connectivity index (χ3v) is 4.27. The van der Waals surface area contributed by atoms with Gasteiger partial charge in [0.2, 0.25) is 5.88 Å².